The first-order valence-corrected chi connectivity index (χ1v) is 16.6. The van der Waals surface area contributed by atoms with E-state index in [1.807, 2.05) is 34.5 Å². The molecule has 1 aromatic carbocycles. The third kappa shape index (κ3) is 13.5. The minimum Gasteiger partial charge on any atom is -0.468 e. The van der Waals surface area contributed by atoms with Crippen LogP contribution in [0.3, 0.4) is 0 Å². The van der Waals surface area contributed by atoms with Crippen LogP contribution in [0.2, 0.25) is 0 Å². The third-order valence-electron chi connectivity index (χ3n) is 8.27. The van der Waals surface area contributed by atoms with E-state index in [2.05, 4.69) is 37.4 Å². The van der Waals surface area contributed by atoms with Crippen molar-refractivity contribution >= 4 is 19.2 Å². The number of ether oxygens (including phenoxy) is 2. The highest BCUT2D eigenvalue weighted by atomic mass is 16.5. The number of rotatable bonds is 21. The van der Waals surface area contributed by atoms with E-state index < -0.39 is 0 Å². The van der Waals surface area contributed by atoms with Gasteiger partial charge in [-0.15, -0.1) is 0 Å². The molecule has 0 aromatic heterocycles. The standard InChI is InChI=1S/C36H57NO4.CH2O/c1-7-8-9-10-11-12-13-14-15-16-17-18-19-22-31-23-20-21-28(4)33(31)35-32(24-25-40-26-38)29(5)37-30(6)34(35)36(39)41-27(2)3;1-2/h20-21,23,26-27,35,37H,7-19,22,24-25H2,1-6H3;1H2. The van der Waals surface area contributed by atoms with Crippen molar-refractivity contribution < 1.29 is 23.9 Å². The first kappa shape index (κ1) is 38.1. The minimum absolute atomic E-state index is 0.209. The van der Waals surface area contributed by atoms with Crippen molar-refractivity contribution in [3.8, 4) is 0 Å². The van der Waals surface area contributed by atoms with Crippen LogP contribution in [0.15, 0.2) is 40.7 Å². The number of hydrogen-bond donors (Lipinski definition) is 1. The van der Waals surface area contributed by atoms with Crippen molar-refractivity contribution in [1.82, 2.24) is 5.32 Å². The van der Waals surface area contributed by atoms with Crippen LogP contribution in [0, 0.1) is 6.92 Å². The zero-order valence-corrected chi connectivity index (χ0v) is 28.0. The second-order valence-electron chi connectivity index (χ2n) is 12.1. The van der Waals surface area contributed by atoms with Crippen LogP contribution in [-0.2, 0) is 30.3 Å². The number of carbonyl (C=O) groups excluding carboxylic acids is 3. The molecule has 1 unspecified atom stereocenters. The van der Waals surface area contributed by atoms with Crippen molar-refractivity contribution in [2.75, 3.05) is 6.61 Å². The Kier molecular flexibility index (Phi) is 20.1. The van der Waals surface area contributed by atoms with E-state index in [0.29, 0.717) is 18.5 Å². The van der Waals surface area contributed by atoms with Gasteiger partial charge in [0.2, 0.25) is 0 Å². The van der Waals surface area contributed by atoms with E-state index in [0.717, 1.165) is 29.8 Å². The van der Waals surface area contributed by atoms with E-state index in [4.69, 9.17) is 14.3 Å². The SMILES string of the molecule is C=O.CCCCCCCCCCCCCCCc1cccc(C)c1C1C(CCOC=O)=C(C)NC(C)=C1C(=O)OC(C)C. The third-order valence-corrected chi connectivity index (χ3v) is 8.27. The van der Waals surface area contributed by atoms with Gasteiger partial charge >= 0.3 is 5.97 Å². The summed E-state index contributed by atoms with van der Waals surface area (Å²) in [5, 5.41) is 3.41. The van der Waals surface area contributed by atoms with Gasteiger partial charge in [-0.05, 0) is 69.7 Å². The van der Waals surface area contributed by atoms with Crippen LogP contribution in [-0.4, -0.2) is 31.9 Å². The van der Waals surface area contributed by atoms with Gasteiger partial charge in [0.05, 0.1) is 18.3 Å². The molecular weight excluding hydrogens is 538 g/mol. The van der Waals surface area contributed by atoms with Gasteiger partial charge in [-0.1, -0.05) is 102 Å². The smallest absolute Gasteiger partial charge is 0.336 e. The van der Waals surface area contributed by atoms with Crippen LogP contribution >= 0.6 is 0 Å². The summed E-state index contributed by atoms with van der Waals surface area (Å²) >= 11 is 0. The quantitative estimate of drug-likeness (QED) is 0.0864. The summed E-state index contributed by atoms with van der Waals surface area (Å²) < 4.78 is 10.8. The average molecular weight is 598 g/mol. The lowest BCUT2D eigenvalue weighted by molar-refractivity contribution is -0.143. The number of nitrogens with one attached hydrogen (secondary N) is 1. The van der Waals surface area contributed by atoms with Crippen LogP contribution in [0.1, 0.15) is 147 Å². The molecule has 0 saturated carbocycles. The fraction of sp³-hybridized carbons (Fsp3) is 0.649. The molecule has 0 bridgehead atoms. The van der Waals surface area contributed by atoms with Crippen molar-refractivity contribution in [1.29, 1.82) is 0 Å². The molecule has 6 nitrogen and oxygen atoms in total. The molecule has 1 N–H and O–H groups in total. The zero-order valence-electron chi connectivity index (χ0n) is 28.0. The number of carbonyl (C=O) groups is 3. The van der Waals surface area contributed by atoms with Crippen molar-refractivity contribution in [2.45, 2.75) is 150 Å². The number of esters is 1. The van der Waals surface area contributed by atoms with Gasteiger partial charge in [-0.3, -0.25) is 4.79 Å². The molecule has 1 aromatic rings. The fourth-order valence-corrected chi connectivity index (χ4v) is 6.16. The minimum atomic E-state index is -0.286. The molecule has 1 aliphatic rings. The molecule has 242 valence electrons. The second kappa shape index (κ2) is 22.6. The van der Waals surface area contributed by atoms with Gasteiger partial charge in [-0.25, -0.2) is 4.79 Å². The molecule has 1 atom stereocenters. The number of allylic oxidation sites excluding steroid dienone is 2. The monoisotopic (exact) mass is 597 g/mol. The van der Waals surface area contributed by atoms with Crippen molar-refractivity contribution in [3.05, 3.63) is 57.4 Å². The predicted molar refractivity (Wildman–Crippen MR) is 177 cm³/mol. The van der Waals surface area contributed by atoms with Crippen LogP contribution in [0.25, 0.3) is 0 Å². The maximum Gasteiger partial charge on any atom is 0.336 e. The predicted octanol–water partition coefficient (Wildman–Crippen LogP) is 9.19. The van der Waals surface area contributed by atoms with E-state index in [1.54, 1.807) is 0 Å². The van der Waals surface area contributed by atoms with Gasteiger partial charge in [0.15, 0.2) is 0 Å². The summed E-state index contributed by atoms with van der Waals surface area (Å²) in [5.74, 6) is -0.512. The summed E-state index contributed by atoms with van der Waals surface area (Å²) in [6.07, 6.45) is 18.7. The largest absolute Gasteiger partial charge is 0.468 e. The Morgan fingerprint density at radius 3 is 1.95 bits per heavy atom. The van der Waals surface area contributed by atoms with Gasteiger partial charge in [-0.2, -0.15) is 0 Å². The van der Waals surface area contributed by atoms with Crippen LogP contribution in [0.4, 0.5) is 0 Å². The molecule has 0 amide bonds. The Bertz CT molecular complexity index is 1030. The second-order valence-corrected chi connectivity index (χ2v) is 12.1. The Labute approximate surface area is 262 Å². The molecule has 2 rings (SSSR count). The lowest BCUT2D eigenvalue weighted by atomic mass is 9.75. The normalized spacial score (nSPS) is 14.7. The van der Waals surface area contributed by atoms with Gasteiger partial charge in [0.25, 0.3) is 6.47 Å². The summed E-state index contributed by atoms with van der Waals surface area (Å²) in [4.78, 5) is 32.4. The molecule has 0 saturated heterocycles. The highest BCUT2D eigenvalue weighted by Crippen LogP contribution is 2.43. The molecule has 0 radical (unpaired) electrons. The topological polar surface area (TPSA) is 81.7 Å². The van der Waals surface area contributed by atoms with E-state index in [9.17, 15) is 9.59 Å². The molecule has 43 heavy (non-hydrogen) atoms. The molecular formula is C37H59NO5. The molecule has 6 heteroatoms. The Morgan fingerprint density at radius 2 is 1.42 bits per heavy atom. The fourth-order valence-electron chi connectivity index (χ4n) is 6.16. The van der Waals surface area contributed by atoms with Gasteiger partial charge in [0, 0.05) is 23.7 Å². The van der Waals surface area contributed by atoms with E-state index >= 15 is 0 Å². The number of benzene rings is 1. The van der Waals surface area contributed by atoms with Gasteiger partial charge < -0.3 is 19.6 Å². The van der Waals surface area contributed by atoms with Crippen molar-refractivity contribution in [3.63, 3.8) is 0 Å². The average Bonchev–Trinajstić information content (AvgIpc) is 2.97. The Balaban J connectivity index is 0.00000452. The first-order valence-electron chi connectivity index (χ1n) is 16.6. The van der Waals surface area contributed by atoms with Crippen molar-refractivity contribution in [2.24, 2.45) is 0 Å². The maximum atomic E-state index is 13.5. The highest BCUT2D eigenvalue weighted by molar-refractivity contribution is 5.93. The highest BCUT2D eigenvalue weighted by Gasteiger charge is 2.36. The van der Waals surface area contributed by atoms with Crippen LogP contribution < -0.4 is 5.32 Å². The maximum absolute atomic E-state index is 13.5. The molecule has 0 aliphatic carbocycles. The zero-order chi connectivity index (χ0) is 32.0. The first-order chi connectivity index (χ1) is 20.8. The van der Waals surface area contributed by atoms with Gasteiger partial charge in [0.1, 0.15) is 6.79 Å². The molecule has 0 fully saturated rings. The summed E-state index contributed by atoms with van der Waals surface area (Å²) in [7, 11) is 0. The lowest BCUT2D eigenvalue weighted by Crippen LogP contribution is -2.31. The van der Waals surface area contributed by atoms with E-state index in [1.165, 1.54) is 93.7 Å². The number of aryl methyl sites for hydroxylation is 2. The number of dihydropyridines is 1. The lowest BCUT2D eigenvalue weighted by Gasteiger charge is -2.34. The Hall–Kier alpha value is -2.89. The molecule has 0 spiro atoms. The molecule has 1 aliphatic heterocycles. The van der Waals surface area contributed by atoms with Crippen LogP contribution in [0.5, 0.6) is 0 Å². The Morgan fingerprint density at radius 1 is 0.860 bits per heavy atom. The summed E-state index contributed by atoms with van der Waals surface area (Å²) in [6, 6.07) is 6.49. The number of hydrogen-bond acceptors (Lipinski definition) is 6. The molecule has 1 heterocycles. The number of unbranched alkanes of at least 4 members (excludes halogenated alkanes) is 12. The summed E-state index contributed by atoms with van der Waals surface area (Å²) in [5.41, 5.74) is 7.24. The van der Waals surface area contributed by atoms with E-state index in [-0.39, 0.29) is 24.6 Å². The summed E-state index contributed by atoms with van der Waals surface area (Å²) in [6.45, 7) is 14.9.